The molecule has 1 fully saturated rings. The molecule has 0 radical (unpaired) electrons. The van der Waals surface area contributed by atoms with Crippen LogP contribution >= 0.6 is 0 Å². The van der Waals surface area contributed by atoms with Gasteiger partial charge in [0, 0.05) is 13.0 Å². The second-order valence-electron chi connectivity index (χ2n) is 12.6. The van der Waals surface area contributed by atoms with Crippen molar-refractivity contribution in [1.29, 1.82) is 0 Å². The van der Waals surface area contributed by atoms with Gasteiger partial charge < -0.3 is 14.3 Å². The zero-order valence-corrected chi connectivity index (χ0v) is 29.3. The lowest BCUT2D eigenvalue weighted by Crippen LogP contribution is -3.00. The van der Waals surface area contributed by atoms with E-state index in [1.165, 1.54) is 101 Å². The Morgan fingerprint density at radius 2 is 1.36 bits per heavy atom. The van der Waals surface area contributed by atoms with Crippen LogP contribution in [-0.2, 0) is 10.0 Å². The first kappa shape index (κ1) is 40.9. The Bertz CT molecular complexity index is 1160. The molecule has 1 aliphatic rings. The fourth-order valence-electron chi connectivity index (χ4n) is 6.18. The summed E-state index contributed by atoms with van der Waals surface area (Å²) in [7, 11) is -3.75. The quantitative estimate of drug-likeness (QED) is 0.169. The minimum absolute atomic E-state index is 0. The molecule has 3 rings (SSSR count). The molecule has 8 nitrogen and oxygen atoms in total. The Balaban J connectivity index is 0.000000491. The van der Waals surface area contributed by atoms with Crippen LogP contribution in [0.4, 0.5) is 0 Å². The van der Waals surface area contributed by atoms with E-state index in [4.69, 9.17) is 10.2 Å². The van der Waals surface area contributed by atoms with Gasteiger partial charge in [-0.15, -0.1) is 0 Å². The number of rotatable bonds is 19. The molecular weight excluding hydrogens is 591 g/mol. The molecule has 3 N–H and O–H groups in total. The van der Waals surface area contributed by atoms with Crippen LogP contribution in [0.1, 0.15) is 141 Å². The van der Waals surface area contributed by atoms with Gasteiger partial charge in [-0.05, 0) is 68.7 Å². The summed E-state index contributed by atoms with van der Waals surface area (Å²) in [4.78, 5) is 12.4. The van der Waals surface area contributed by atoms with Crippen LogP contribution in [0.2, 0.25) is 0 Å². The highest BCUT2D eigenvalue weighted by molar-refractivity contribution is 7.89. The number of nitrogens with two attached hydrogens (primary N) is 1. The average Bonchev–Trinajstić information content (AvgIpc) is 3.49. The van der Waals surface area contributed by atoms with Gasteiger partial charge in [0.1, 0.15) is 5.69 Å². The predicted molar refractivity (Wildman–Crippen MR) is 181 cm³/mol. The fourth-order valence-corrected chi connectivity index (χ4v) is 6.69. The Hall–Kier alpha value is -2.14. The average molecular weight is 653 g/mol. The molecule has 0 unspecified atom stereocenters. The third kappa shape index (κ3) is 13.6. The maximum absolute atomic E-state index is 12.4. The molecule has 0 saturated heterocycles. The van der Waals surface area contributed by atoms with Gasteiger partial charge in [-0.1, -0.05) is 84.8 Å². The molecule has 1 saturated carbocycles. The van der Waals surface area contributed by atoms with E-state index in [9.17, 15) is 13.2 Å². The number of benzene rings is 1. The SMILES string of the molecule is CCCC[N+](CCCC)(CCCC)CCCC.NS(=O)(=O)c1ccc(-c2cc(C(=O)CCCO)nn2C2CCCCC2)cc1.[F-]. The van der Waals surface area contributed by atoms with E-state index in [-0.39, 0.29) is 34.5 Å². The number of sulfonamides is 1. The number of nitrogens with zero attached hydrogens (tertiary/aromatic N) is 3. The molecule has 10 heteroatoms. The van der Waals surface area contributed by atoms with Gasteiger partial charge in [-0.25, -0.2) is 13.6 Å². The van der Waals surface area contributed by atoms with Crippen molar-refractivity contribution in [3.8, 4) is 11.3 Å². The molecular formula is C35H61FN4O4S. The van der Waals surface area contributed by atoms with Crippen LogP contribution in [0.3, 0.4) is 0 Å². The van der Waals surface area contributed by atoms with Gasteiger partial charge in [-0.2, -0.15) is 5.10 Å². The molecule has 1 aromatic heterocycles. The number of halogens is 1. The summed E-state index contributed by atoms with van der Waals surface area (Å²) in [6.45, 7) is 15.0. The van der Waals surface area contributed by atoms with Gasteiger partial charge >= 0.3 is 0 Å². The molecule has 0 atom stereocenters. The summed E-state index contributed by atoms with van der Waals surface area (Å²) in [5, 5.41) is 18.7. The van der Waals surface area contributed by atoms with E-state index in [0.717, 1.165) is 36.9 Å². The summed E-state index contributed by atoms with van der Waals surface area (Å²) in [6.07, 6.45) is 17.2. The third-order valence-electron chi connectivity index (χ3n) is 8.93. The molecule has 1 aliphatic carbocycles. The number of primary sulfonamides is 1. The number of carbonyl (C=O) groups is 1. The highest BCUT2D eigenvalue weighted by atomic mass is 32.2. The van der Waals surface area contributed by atoms with Crippen LogP contribution < -0.4 is 9.84 Å². The molecule has 1 aromatic carbocycles. The minimum atomic E-state index is -3.75. The first-order chi connectivity index (χ1) is 21.1. The summed E-state index contributed by atoms with van der Waals surface area (Å²) in [6, 6.07) is 8.31. The molecule has 0 amide bonds. The number of aliphatic hydroxyl groups excluding tert-OH is 1. The lowest BCUT2D eigenvalue weighted by Gasteiger charge is -2.39. The van der Waals surface area contributed by atoms with E-state index < -0.39 is 10.0 Å². The Morgan fingerprint density at radius 3 is 1.78 bits per heavy atom. The minimum Gasteiger partial charge on any atom is -1.00 e. The van der Waals surface area contributed by atoms with Crippen molar-refractivity contribution in [2.24, 2.45) is 5.14 Å². The van der Waals surface area contributed by atoms with Crippen LogP contribution in [-0.4, -0.2) is 66.4 Å². The summed E-state index contributed by atoms with van der Waals surface area (Å²) in [5.41, 5.74) is 1.98. The maximum atomic E-state index is 12.4. The van der Waals surface area contributed by atoms with Crippen molar-refractivity contribution in [3.05, 3.63) is 36.0 Å². The van der Waals surface area contributed by atoms with Gasteiger partial charge in [0.05, 0.1) is 42.8 Å². The predicted octanol–water partition coefficient (Wildman–Crippen LogP) is 4.67. The van der Waals surface area contributed by atoms with Gasteiger partial charge in [0.25, 0.3) is 0 Å². The van der Waals surface area contributed by atoms with Crippen molar-refractivity contribution in [2.75, 3.05) is 32.8 Å². The lowest BCUT2D eigenvalue weighted by atomic mass is 9.95. The lowest BCUT2D eigenvalue weighted by molar-refractivity contribution is -0.929. The Labute approximate surface area is 272 Å². The second kappa shape index (κ2) is 21.6. The number of Topliss-reactive ketones (excluding diaryl/α,β-unsaturated/α-hetero) is 1. The largest absolute Gasteiger partial charge is 1.00 e. The molecule has 0 spiro atoms. The van der Waals surface area contributed by atoms with E-state index in [0.29, 0.717) is 12.1 Å². The van der Waals surface area contributed by atoms with Crippen LogP contribution in [0, 0.1) is 0 Å². The van der Waals surface area contributed by atoms with Gasteiger partial charge in [-0.3, -0.25) is 9.48 Å². The Morgan fingerprint density at radius 1 is 0.867 bits per heavy atom. The molecule has 45 heavy (non-hydrogen) atoms. The van der Waals surface area contributed by atoms with Crippen molar-refractivity contribution < 1.29 is 27.5 Å². The number of ketones is 1. The van der Waals surface area contributed by atoms with Crippen molar-refractivity contribution in [1.82, 2.24) is 9.78 Å². The fraction of sp³-hybridized carbons (Fsp3) is 0.714. The highest BCUT2D eigenvalue weighted by Crippen LogP contribution is 2.33. The number of hydrogen-bond donors (Lipinski definition) is 2. The van der Waals surface area contributed by atoms with Crippen molar-refractivity contribution in [3.63, 3.8) is 0 Å². The van der Waals surface area contributed by atoms with Crippen molar-refractivity contribution in [2.45, 2.75) is 135 Å². The molecule has 258 valence electrons. The number of aromatic nitrogens is 2. The van der Waals surface area contributed by atoms with Gasteiger partial charge in [0.15, 0.2) is 5.78 Å². The zero-order valence-electron chi connectivity index (χ0n) is 28.5. The number of unbranched alkanes of at least 4 members (excludes halogenated alkanes) is 4. The first-order valence-corrected chi connectivity index (χ1v) is 18.9. The topological polar surface area (TPSA) is 115 Å². The van der Waals surface area contributed by atoms with E-state index in [1.807, 2.05) is 4.68 Å². The summed E-state index contributed by atoms with van der Waals surface area (Å²) >= 11 is 0. The number of carbonyl (C=O) groups excluding carboxylic acids is 1. The number of aliphatic hydroxyl groups is 1. The third-order valence-corrected chi connectivity index (χ3v) is 9.86. The standard InChI is InChI=1S/C19H25N3O4S.C16H36N.FH/c20-27(25,26)16-10-8-14(9-11-16)18-13-17(19(24)7-4-12-23)21-22(18)15-5-2-1-3-6-15;1-5-9-13-17(14-10-6-2,15-11-7-3)16-12-8-4;/h8-11,13,15,23H,1-7,12H2,(H2,20,25,26);5-16H2,1-4H3;1H/q;+1;/p-1. The second-order valence-corrected chi connectivity index (χ2v) is 14.2. The summed E-state index contributed by atoms with van der Waals surface area (Å²) < 4.78 is 26.3. The summed E-state index contributed by atoms with van der Waals surface area (Å²) in [5.74, 6) is -0.0963. The van der Waals surface area contributed by atoms with Crippen LogP contribution in [0.5, 0.6) is 0 Å². The molecule has 0 aliphatic heterocycles. The smallest absolute Gasteiger partial charge is 0.238 e. The Kier molecular flexibility index (Phi) is 19.6. The molecule has 2 aromatic rings. The van der Waals surface area contributed by atoms with Crippen LogP contribution in [0.15, 0.2) is 35.2 Å². The maximum Gasteiger partial charge on any atom is 0.238 e. The van der Waals surface area contributed by atoms with Crippen LogP contribution in [0.25, 0.3) is 11.3 Å². The van der Waals surface area contributed by atoms with Gasteiger partial charge in [0.2, 0.25) is 10.0 Å². The van der Waals surface area contributed by atoms with Crippen molar-refractivity contribution >= 4 is 15.8 Å². The van der Waals surface area contributed by atoms with E-state index in [1.54, 1.807) is 18.2 Å². The first-order valence-electron chi connectivity index (χ1n) is 17.4. The monoisotopic (exact) mass is 652 g/mol. The van der Waals surface area contributed by atoms with E-state index >= 15 is 0 Å². The normalized spacial score (nSPS) is 14.0. The molecule has 1 heterocycles. The number of quaternary nitrogens is 1. The van der Waals surface area contributed by atoms with E-state index in [2.05, 4.69) is 32.8 Å². The highest BCUT2D eigenvalue weighted by Gasteiger charge is 2.25. The zero-order chi connectivity index (χ0) is 32.4. The number of hydrogen-bond acceptors (Lipinski definition) is 5. The molecule has 0 bridgehead atoms.